The molecule has 0 radical (unpaired) electrons. The maximum atomic E-state index is 12.2. The Hall–Kier alpha value is -1.74. The number of hydrogen-bond acceptors (Lipinski definition) is 5. The van der Waals surface area contributed by atoms with Crippen molar-refractivity contribution in [2.45, 2.75) is 36.1 Å². The van der Waals surface area contributed by atoms with E-state index in [1.54, 1.807) is 11.8 Å². The topological polar surface area (TPSA) is 84.5 Å². The van der Waals surface area contributed by atoms with Crippen LogP contribution < -0.4 is 14.8 Å². The highest BCUT2D eigenvalue weighted by molar-refractivity contribution is 7.98. The molecule has 2 aromatic rings. The summed E-state index contributed by atoms with van der Waals surface area (Å²) >= 11 is 7.79. The van der Waals surface area contributed by atoms with Gasteiger partial charge in [0.2, 0.25) is 10.0 Å². The van der Waals surface area contributed by atoms with Crippen molar-refractivity contribution in [3.8, 4) is 5.75 Å². The van der Waals surface area contributed by atoms with E-state index in [0.29, 0.717) is 13.0 Å². The molecule has 2 aromatic carbocycles. The lowest BCUT2D eigenvalue weighted by Crippen LogP contribution is -2.31. The number of benzene rings is 2. The third-order valence-electron chi connectivity index (χ3n) is 4.11. The van der Waals surface area contributed by atoms with Crippen LogP contribution in [0.25, 0.3) is 0 Å². The van der Waals surface area contributed by atoms with Crippen molar-refractivity contribution in [2.24, 2.45) is 0 Å². The van der Waals surface area contributed by atoms with Crippen molar-refractivity contribution in [3.05, 3.63) is 53.1 Å². The SMILES string of the molecule is CCCNS(=O)(=O)c1ccc(OCC(=O)N[C@H](C)c2ccc(SC)cc2)c(Cl)c1. The Morgan fingerprint density at radius 1 is 1.21 bits per heavy atom. The van der Waals surface area contributed by atoms with Gasteiger partial charge in [0.05, 0.1) is 16.0 Å². The van der Waals surface area contributed by atoms with Crippen molar-refractivity contribution in [1.29, 1.82) is 0 Å². The van der Waals surface area contributed by atoms with Gasteiger partial charge < -0.3 is 10.1 Å². The van der Waals surface area contributed by atoms with Gasteiger partial charge >= 0.3 is 0 Å². The van der Waals surface area contributed by atoms with Gasteiger partial charge in [-0.15, -0.1) is 11.8 Å². The van der Waals surface area contributed by atoms with Crippen molar-refractivity contribution in [2.75, 3.05) is 19.4 Å². The molecule has 1 amide bonds. The number of ether oxygens (including phenoxy) is 1. The van der Waals surface area contributed by atoms with Crippen molar-refractivity contribution < 1.29 is 17.9 Å². The Balaban J connectivity index is 1.94. The second kappa shape index (κ2) is 10.9. The van der Waals surface area contributed by atoms with E-state index in [2.05, 4.69) is 10.0 Å². The zero-order valence-corrected chi connectivity index (χ0v) is 19.0. The van der Waals surface area contributed by atoms with Crippen LogP contribution in [-0.4, -0.2) is 33.7 Å². The monoisotopic (exact) mass is 456 g/mol. The molecule has 0 spiro atoms. The summed E-state index contributed by atoms with van der Waals surface area (Å²) in [4.78, 5) is 13.4. The number of hydrogen-bond donors (Lipinski definition) is 2. The van der Waals surface area contributed by atoms with Crippen LogP contribution in [0.2, 0.25) is 5.02 Å². The summed E-state index contributed by atoms with van der Waals surface area (Å²) in [6.07, 6.45) is 2.69. The standard InChI is InChI=1S/C20H25ClN2O4S2/c1-4-11-22-29(25,26)17-9-10-19(18(21)12-17)27-13-20(24)23-14(2)15-5-7-16(28-3)8-6-15/h5-10,12,14,22H,4,11,13H2,1-3H3,(H,23,24)/t14-/m1/s1. The van der Waals surface area contributed by atoms with Gasteiger partial charge in [0.1, 0.15) is 5.75 Å². The lowest BCUT2D eigenvalue weighted by atomic mass is 10.1. The average molecular weight is 457 g/mol. The maximum absolute atomic E-state index is 12.2. The molecule has 0 saturated carbocycles. The first-order chi connectivity index (χ1) is 13.8. The fraction of sp³-hybridized carbons (Fsp3) is 0.350. The van der Waals surface area contributed by atoms with E-state index in [4.69, 9.17) is 16.3 Å². The zero-order valence-electron chi connectivity index (χ0n) is 16.6. The number of rotatable bonds is 10. The first kappa shape index (κ1) is 23.5. The fourth-order valence-electron chi connectivity index (χ4n) is 2.49. The van der Waals surface area contributed by atoms with E-state index in [-0.39, 0.29) is 34.2 Å². The van der Waals surface area contributed by atoms with Crippen LogP contribution in [0.15, 0.2) is 52.3 Å². The van der Waals surface area contributed by atoms with Gasteiger partial charge in [-0.05, 0) is 55.5 Å². The summed E-state index contributed by atoms with van der Waals surface area (Å²) in [7, 11) is -3.62. The minimum atomic E-state index is -3.62. The van der Waals surface area contributed by atoms with E-state index in [9.17, 15) is 13.2 Å². The molecule has 2 N–H and O–H groups in total. The molecule has 158 valence electrons. The summed E-state index contributed by atoms with van der Waals surface area (Å²) in [5, 5.41) is 2.99. The van der Waals surface area contributed by atoms with E-state index >= 15 is 0 Å². The van der Waals surface area contributed by atoms with Crippen LogP contribution >= 0.6 is 23.4 Å². The Bertz CT molecular complexity index is 934. The van der Waals surface area contributed by atoms with Crippen molar-refractivity contribution in [3.63, 3.8) is 0 Å². The van der Waals surface area contributed by atoms with Gasteiger partial charge in [-0.2, -0.15) is 0 Å². The molecule has 0 fully saturated rings. The second-order valence-corrected chi connectivity index (χ2v) is 9.39. The highest BCUT2D eigenvalue weighted by Gasteiger charge is 2.16. The molecule has 0 aliphatic carbocycles. The number of amides is 1. The number of carbonyl (C=O) groups excluding carboxylic acids is 1. The van der Waals surface area contributed by atoms with Crippen LogP contribution in [0, 0.1) is 0 Å². The number of halogens is 1. The molecule has 29 heavy (non-hydrogen) atoms. The Kier molecular flexibility index (Phi) is 8.82. The van der Waals surface area contributed by atoms with Crippen LogP contribution in [0.4, 0.5) is 0 Å². The van der Waals surface area contributed by atoms with Crippen LogP contribution in [0.5, 0.6) is 5.75 Å². The zero-order chi connectivity index (χ0) is 21.4. The molecule has 2 rings (SSSR count). The highest BCUT2D eigenvalue weighted by Crippen LogP contribution is 2.27. The fourth-order valence-corrected chi connectivity index (χ4v) is 4.36. The molecule has 0 aliphatic heterocycles. The summed E-state index contributed by atoms with van der Waals surface area (Å²) in [6, 6.07) is 11.9. The van der Waals surface area contributed by atoms with Gasteiger partial charge in [-0.3, -0.25) is 4.79 Å². The minimum Gasteiger partial charge on any atom is -0.482 e. The van der Waals surface area contributed by atoms with Crippen LogP contribution in [0.3, 0.4) is 0 Å². The maximum Gasteiger partial charge on any atom is 0.258 e. The molecule has 0 aliphatic rings. The van der Waals surface area contributed by atoms with Crippen molar-refractivity contribution >= 4 is 39.3 Å². The Morgan fingerprint density at radius 2 is 1.90 bits per heavy atom. The lowest BCUT2D eigenvalue weighted by molar-refractivity contribution is -0.123. The average Bonchev–Trinajstić information content (AvgIpc) is 2.71. The molecule has 1 atom stereocenters. The number of thioether (sulfide) groups is 1. The van der Waals surface area contributed by atoms with Crippen LogP contribution in [0.1, 0.15) is 31.9 Å². The Morgan fingerprint density at radius 3 is 2.48 bits per heavy atom. The molecular weight excluding hydrogens is 432 g/mol. The summed E-state index contributed by atoms with van der Waals surface area (Å²) in [6.45, 7) is 3.88. The van der Waals surface area contributed by atoms with Gasteiger partial charge in [0, 0.05) is 11.4 Å². The predicted molar refractivity (Wildman–Crippen MR) is 117 cm³/mol. The number of carbonyl (C=O) groups is 1. The quantitative estimate of drug-likeness (QED) is 0.528. The molecule has 0 unspecified atom stereocenters. The second-order valence-electron chi connectivity index (χ2n) is 6.34. The minimum absolute atomic E-state index is 0.0510. The lowest BCUT2D eigenvalue weighted by Gasteiger charge is -2.15. The molecule has 9 heteroatoms. The number of nitrogens with one attached hydrogen (secondary N) is 2. The molecule has 6 nitrogen and oxygen atoms in total. The van der Waals surface area contributed by atoms with E-state index in [0.717, 1.165) is 10.5 Å². The summed E-state index contributed by atoms with van der Waals surface area (Å²) < 4.78 is 32.2. The van der Waals surface area contributed by atoms with Gasteiger partial charge in [-0.1, -0.05) is 30.7 Å². The first-order valence-electron chi connectivity index (χ1n) is 9.12. The van der Waals surface area contributed by atoms with Crippen LogP contribution in [-0.2, 0) is 14.8 Å². The molecular formula is C20H25ClN2O4S2. The Labute approximate surface area is 181 Å². The molecule has 0 heterocycles. The molecule has 0 aromatic heterocycles. The summed E-state index contributed by atoms with van der Waals surface area (Å²) in [5.74, 6) is -0.0583. The van der Waals surface area contributed by atoms with Gasteiger partial charge in [0.15, 0.2) is 6.61 Å². The van der Waals surface area contributed by atoms with E-state index in [1.165, 1.54) is 18.2 Å². The normalized spacial score (nSPS) is 12.4. The predicted octanol–water partition coefficient (Wildman–Crippen LogP) is 4.01. The first-order valence-corrected chi connectivity index (χ1v) is 12.2. The third-order valence-corrected chi connectivity index (χ3v) is 6.61. The smallest absolute Gasteiger partial charge is 0.258 e. The summed E-state index contributed by atoms with van der Waals surface area (Å²) in [5.41, 5.74) is 0.989. The van der Waals surface area contributed by atoms with Gasteiger partial charge in [0.25, 0.3) is 5.91 Å². The van der Waals surface area contributed by atoms with Crippen molar-refractivity contribution in [1.82, 2.24) is 10.0 Å². The van der Waals surface area contributed by atoms with Gasteiger partial charge in [-0.25, -0.2) is 13.1 Å². The molecule has 0 bridgehead atoms. The number of sulfonamides is 1. The molecule has 0 saturated heterocycles. The highest BCUT2D eigenvalue weighted by atomic mass is 35.5. The van der Waals surface area contributed by atoms with E-state index in [1.807, 2.05) is 44.4 Å². The third kappa shape index (κ3) is 6.92. The van der Waals surface area contributed by atoms with E-state index < -0.39 is 10.0 Å². The largest absolute Gasteiger partial charge is 0.482 e.